The Balaban J connectivity index is 2.40. The van der Waals surface area contributed by atoms with Crippen LogP contribution in [0.15, 0.2) is 0 Å². The van der Waals surface area contributed by atoms with E-state index in [0.717, 1.165) is 0 Å². The Labute approximate surface area is 83.5 Å². The van der Waals surface area contributed by atoms with Gasteiger partial charge in [0, 0.05) is 11.0 Å². The highest BCUT2D eigenvalue weighted by molar-refractivity contribution is 14.1. The van der Waals surface area contributed by atoms with Gasteiger partial charge in [0.1, 0.15) is 0 Å². The highest BCUT2D eigenvalue weighted by Crippen LogP contribution is 2.40. The van der Waals surface area contributed by atoms with Gasteiger partial charge in [-0.2, -0.15) is 0 Å². The topological polar surface area (TPSA) is 12.0 Å². The van der Waals surface area contributed by atoms with Crippen LogP contribution in [-0.2, 0) is 0 Å². The molecule has 0 aromatic heterocycles. The van der Waals surface area contributed by atoms with Gasteiger partial charge >= 0.3 is 0 Å². The minimum absolute atomic E-state index is 0.677. The van der Waals surface area contributed by atoms with Crippen LogP contribution in [-0.4, -0.2) is 18.0 Å². The van der Waals surface area contributed by atoms with Crippen molar-refractivity contribution in [1.29, 1.82) is 0 Å². The van der Waals surface area contributed by atoms with E-state index in [1.54, 1.807) is 0 Å². The van der Waals surface area contributed by atoms with Crippen LogP contribution in [0, 0.1) is 5.41 Å². The molecule has 1 fully saturated rings. The van der Waals surface area contributed by atoms with Crippen LogP contribution in [0.2, 0.25) is 0 Å². The molecular weight excluding hydrogens is 249 g/mol. The fraction of sp³-hybridized carbons (Fsp3) is 1.00. The minimum atomic E-state index is 0.677. The van der Waals surface area contributed by atoms with Gasteiger partial charge in [-0.1, -0.05) is 35.4 Å². The van der Waals surface area contributed by atoms with E-state index in [9.17, 15) is 0 Å². The Morgan fingerprint density at radius 1 is 1.36 bits per heavy atom. The number of alkyl halides is 1. The molecule has 0 spiro atoms. The third kappa shape index (κ3) is 2.58. The van der Waals surface area contributed by atoms with Gasteiger partial charge in [0.25, 0.3) is 0 Å². The fourth-order valence-corrected chi connectivity index (χ4v) is 3.36. The lowest BCUT2D eigenvalue weighted by molar-refractivity contribution is 0.281. The Hall–Kier alpha value is 0.690. The number of rotatable bonds is 4. The molecule has 1 rings (SSSR count). The fourth-order valence-electron chi connectivity index (χ4n) is 2.22. The zero-order chi connectivity index (χ0) is 8.16. The van der Waals surface area contributed by atoms with Gasteiger partial charge < -0.3 is 5.32 Å². The van der Waals surface area contributed by atoms with Gasteiger partial charge in [0.15, 0.2) is 0 Å². The molecule has 0 aliphatic heterocycles. The van der Waals surface area contributed by atoms with E-state index >= 15 is 0 Å². The SMILES string of the molecule is CNCC1(CCI)CCCC1. The Bertz CT molecular complexity index is 100. The molecule has 66 valence electrons. The van der Waals surface area contributed by atoms with Crippen molar-refractivity contribution in [2.45, 2.75) is 32.1 Å². The molecule has 0 radical (unpaired) electrons. The van der Waals surface area contributed by atoms with E-state index in [-0.39, 0.29) is 0 Å². The predicted molar refractivity (Wildman–Crippen MR) is 58.3 cm³/mol. The Kier molecular flexibility index (Phi) is 4.13. The first-order valence-corrected chi connectivity index (χ1v) is 6.06. The molecule has 1 aliphatic carbocycles. The van der Waals surface area contributed by atoms with Gasteiger partial charge in [0.05, 0.1) is 0 Å². The van der Waals surface area contributed by atoms with E-state index < -0.39 is 0 Å². The van der Waals surface area contributed by atoms with Crippen molar-refractivity contribution in [3.05, 3.63) is 0 Å². The third-order valence-corrected chi connectivity index (χ3v) is 3.38. The zero-order valence-electron chi connectivity index (χ0n) is 7.33. The van der Waals surface area contributed by atoms with Crippen molar-refractivity contribution >= 4 is 22.6 Å². The first kappa shape index (κ1) is 9.78. The summed E-state index contributed by atoms with van der Waals surface area (Å²) in [4.78, 5) is 0. The lowest BCUT2D eigenvalue weighted by atomic mass is 9.83. The van der Waals surface area contributed by atoms with Crippen LogP contribution in [0.1, 0.15) is 32.1 Å². The number of halogens is 1. The molecule has 0 heterocycles. The molecule has 0 aromatic carbocycles. The lowest BCUT2D eigenvalue weighted by Crippen LogP contribution is -2.30. The second-order valence-corrected chi connectivity index (χ2v) is 4.76. The zero-order valence-corrected chi connectivity index (χ0v) is 9.49. The molecule has 0 saturated heterocycles. The molecule has 11 heavy (non-hydrogen) atoms. The standard InChI is InChI=1S/C9H18IN/c1-11-8-9(6-7-10)4-2-3-5-9/h11H,2-8H2,1H3. The van der Waals surface area contributed by atoms with Crippen molar-refractivity contribution < 1.29 is 0 Å². The van der Waals surface area contributed by atoms with Crippen molar-refractivity contribution in [1.82, 2.24) is 5.32 Å². The number of nitrogens with one attached hydrogen (secondary N) is 1. The van der Waals surface area contributed by atoms with E-state index in [2.05, 4.69) is 35.0 Å². The van der Waals surface area contributed by atoms with Gasteiger partial charge in [-0.15, -0.1) is 0 Å². The van der Waals surface area contributed by atoms with Crippen LogP contribution in [0.4, 0.5) is 0 Å². The highest BCUT2D eigenvalue weighted by Gasteiger charge is 2.31. The first-order valence-electron chi connectivity index (χ1n) is 4.54. The van der Waals surface area contributed by atoms with Crippen LogP contribution in [0.3, 0.4) is 0 Å². The molecule has 0 unspecified atom stereocenters. The largest absolute Gasteiger partial charge is 0.319 e. The molecule has 1 N–H and O–H groups in total. The summed E-state index contributed by atoms with van der Waals surface area (Å²) in [5, 5.41) is 3.33. The quantitative estimate of drug-likeness (QED) is 0.610. The smallest absolute Gasteiger partial charge is 0.000507 e. The van der Waals surface area contributed by atoms with Crippen molar-refractivity contribution in [3.8, 4) is 0 Å². The first-order chi connectivity index (χ1) is 5.33. The van der Waals surface area contributed by atoms with E-state index in [1.165, 1.54) is 43.1 Å². The predicted octanol–water partition coefficient (Wildman–Crippen LogP) is 2.59. The van der Waals surface area contributed by atoms with E-state index in [1.807, 2.05) is 0 Å². The second-order valence-electron chi connectivity index (χ2n) is 3.68. The van der Waals surface area contributed by atoms with Crippen molar-refractivity contribution in [3.63, 3.8) is 0 Å². The summed E-state index contributed by atoms with van der Waals surface area (Å²) in [6, 6.07) is 0. The summed E-state index contributed by atoms with van der Waals surface area (Å²) < 4.78 is 1.32. The maximum absolute atomic E-state index is 3.33. The van der Waals surface area contributed by atoms with Gasteiger partial charge in [-0.05, 0) is 31.7 Å². The normalized spacial score (nSPS) is 22.4. The Morgan fingerprint density at radius 2 is 2.00 bits per heavy atom. The van der Waals surface area contributed by atoms with Crippen LogP contribution < -0.4 is 5.32 Å². The van der Waals surface area contributed by atoms with Crippen LogP contribution in [0.25, 0.3) is 0 Å². The molecule has 1 nitrogen and oxygen atoms in total. The second kappa shape index (κ2) is 4.65. The molecule has 0 atom stereocenters. The summed E-state index contributed by atoms with van der Waals surface area (Å²) in [5.41, 5.74) is 0.677. The number of hydrogen-bond donors (Lipinski definition) is 1. The van der Waals surface area contributed by atoms with E-state index in [4.69, 9.17) is 0 Å². The van der Waals surface area contributed by atoms with Crippen LogP contribution in [0.5, 0.6) is 0 Å². The maximum atomic E-state index is 3.33. The van der Waals surface area contributed by atoms with Gasteiger partial charge in [-0.25, -0.2) is 0 Å². The Morgan fingerprint density at radius 3 is 2.45 bits per heavy atom. The van der Waals surface area contributed by atoms with Crippen molar-refractivity contribution in [2.75, 3.05) is 18.0 Å². The number of hydrogen-bond acceptors (Lipinski definition) is 1. The summed E-state index contributed by atoms with van der Waals surface area (Å²) in [7, 11) is 2.08. The molecule has 0 bridgehead atoms. The molecule has 0 amide bonds. The van der Waals surface area contributed by atoms with Gasteiger partial charge in [-0.3, -0.25) is 0 Å². The third-order valence-electron chi connectivity index (χ3n) is 2.84. The summed E-state index contributed by atoms with van der Waals surface area (Å²) in [6.07, 6.45) is 7.23. The molecule has 2 heteroatoms. The molecule has 0 aromatic rings. The van der Waals surface area contributed by atoms with Crippen LogP contribution >= 0.6 is 22.6 Å². The molecule has 1 aliphatic rings. The average Bonchev–Trinajstić information content (AvgIpc) is 2.39. The summed E-state index contributed by atoms with van der Waals surface area (Å²) >= 11 is 2.50. The van der Waals surface area contributed by atoms with Gasteiger partial charge in [0.2, 0.25) is 0 Å². The monoisotopic (exact) mass is 267 g/mol. The maximum Gasteiger partial charge on any atom is 0.000507 e. The average molecular weight is 267 g/mol. The minimum Gasteiger partial charge on any atom is -0.319 e. The van der Waals surface area contributed by atoms with Crippen molar-refractivity contribution in [2.24, 2.45) is 5.41 Å². The van der Waals surface area contributed by atoms with E-state index in [0.29, 0.717) is 5.41 Å². The highest BCUT2D eigenvalue weighted by atomic mass is 127. The summed E-state index contributed by atoms with van der Waals surface area (Å²) in [6.45, 7) is 1.23. The molecule has 1 saturated carbocycles. The summed E-state index contributed by atoms with van der Waals surface area (Å²) in [5.74, 6) is 0. The molecular formula is C9H18IN. The lowest BCUT2D eigenvalue weighted by Gasteiger charge is -2.27.